The van der Waals surface area contributed by atoms with Gasteiger partial charge in [-0.2, -0.15) is 0 Å². The second-order valence-corrected chi connectivity index (χ2v) is 4.26. The van der Waals surface area contributed by atoms with E-state index in [9.17, 15) is 9.59 Å². The molecule has 1 N–H and O–H groups in total. The Bertz CT molecular complexity index is 426. The number of rotatable bonds is 4. The predicted octanol–water partition coefficient (Wildman–Crippen LogP) is 2.94. The third-order valence-electron chi connectivity index (χ3n) is 2.38. The lowest BCUT2D eigenvalue weighted by atomic mass is 9.94. The molecule has 0 amide bonds. The number of Topliss-reactive ketones (excluding diaryl/α,β-unsaturated/α-hetero) is 1. The van der Waals surface area contributed by atoms with Gasteiger partial charge < -0.3 is 5.11 Å². The molecule has 0 fully saturated rings. The number of ketones is 1. The van der Waals surface area contributed by atoms with Crippen LogP contribution in [0.15, 0.2) is 18.2 Å². The number of halogens is 1. The fourth-order valence-corrected chi connectivity index (χ4v) is 1.75. The van der Waals surface area contributed by atoms with Gasteiger partial charge in [0.15, 0.2) is 5.78 Å². The first-order valence-electron chi connectivity index (χ1n) is 4.94. The molecule has 1 atom stereocenters. The zero-order chi connectivity index (χ0) is 12.3. The minimum Gasteiger partial charge on any atom is -0.481 e. The lowest BCUT2D eigenvalue weighted by molar-refractivity contribution is -0.137. The van der Waals surface area contributed by atoms with E-state index in [1.165, 1.54) is 0 Å². The molecule has 4 heteroatoms. The van der Waals surface area contributed by atoms with Crippen LogP contribution >= 0.6 is 11.6 Å². The molecule has 0 heterocycles. The summed E-state index contributed by atoms with van der Waals surface area (Å²) in [6.07, 6.45) is -0.152. The van der Waals surface area contributed by atoms with Gasteiger partial charge in [-0.25, -0.2) is 0 Å². The van der Waals surface area contributed by atoms with E-state index in [4.69, 9.17) is 16.7 Å². The second kappa shape index (κ2) is 5.12. The topological polar surface area (TPSA) is 54.4 Å². The minimum atomic E-state index is -0.965. The molecule has 86 valence electrons. The minimum absolute atomic E-state index is 0.152. The first-order chi connectivity index (χ1) is 7.41. The Morgan fingerprint density at radius 3 is 2.56 bits per heavy atom. The average molecular weight is 241 g/mol. The van der Waals surface area contributed by atoms with Crippen LogP contribution in [0.2, 0.25) is 5.02 Å². The van der Waals surface area contributed by atoms with E-state index in [1.54, 1.807) is 32.0 Å². The van der Waals surface area contributed by atoms with Crippen molar-refractivity contribution in [1.82, 2.24) is 0 Å². The highest BCUT2D eigenvalue weighted by atomic mass is 35.5. The van der Waals surface area contributed by atoms with Crippen molar-refractivity contribution in [2.45, 2.75) is 20.3 Å². The van der Waals surface area contributed by atoms with Crippen LogP contribution in [0, 0.1) is 12.8 Å². The molecule has 0 aromatic heterocycles. The van der Waals surface area contributed by atoms with E-state index in [0.717, 1.165) is 5.56 Å². The van der Waals surface area contributed by atoms with Crippen molar-refractivity contribution in [1.29, 1.82) is 0 Å². The molecule has 0 bridgehead atoms. The highest BCUT2D eigenvalue weighted by molar-refractivity contribution is 6.30. The van der Waals surface area contributed by atoms with Crippen LogP contribution in [0.4, 0.5) is 0 Å². The lowest BCUT2D eigenvalue weighted by Gasteiger charge is -2.10. The summed E-state index contributed by atoms with van der Waals surface area (Å²) in [5.74, 6) is -1.64. The Kier molecular flexibility index (Phi) is 4.07. The third kappa shape index (κ3) is 3.07. The van der Waals surface area contributed by atoms with Gasteiger partial charge in [-0.1, -0.05) is 18.5 Å². The fraction of sp³-hybridized carbons (Fsp3) is 0.333. The number of carbonyl (C=O) groups excluding carboxylic acids is 1. The van der Waals surface area contributed by atoms with Gasteiger partial charge in [0.05, 0.1) is 6.42 Å². The molecule has 1 unspecified atom stereocenters. The number of carboxylic acids is 1. The van der Waals surface area contributed by atoms with Gasteiger partial charge in [0.25, 0.3) is 0 Å². The number of carbonyl (C=O) groups is 2. The maximum Gasteiger partial charge on any atom is 0.304 e. The average Bonchev–Trinajstić information content (AvgIpc) is 2.15. The van der Waals surface area contributed by atoms with Gasteiger partial charge >= 0.3 is 5.97 Å². The zero-order valence-corrected chi connectivity index (χ0v) is 9.91. The Morgan fingerprint density at radius 2 is 2.06 bits per heavy atom. The molecule has 1 aromatic rings. The van der Waals surface area contributed by atoms with Crippen LogP contribution in [0.1, 0.15) is 29.3 Å². The summed E-state index contributed by atoms with van der Waals surface area (Å²) in [6.45, 7) is 3.40. The predicted molar refractivity (Wildman–Crippen MR) is 61.9 cm³/mol. The molecule has 0 radical (unpaired) electrons. The van der Waals surface area contributed by atoms with Gasteiger partial charge in [-0.05, 0) is 30.7 Å². The van der Waals surface area contributed by atoms with Crippen molar-refractivity contribution in [3.63, 3.8) is 0 Å². The third-order valence-corrected chi connectivity index (χ3v) is 2.62. The molecule has 0 saturated heterocycles. The number of hydrogen-bond acceptors (Lipinski definition) is 2. The number of carboxylic acid groups (broad SMARTS) is 1. The molecule has 0 aliphatic heterocycles. The summed E-state index contributed by atoms with van der Waals surface area (Å²) < 4.78 is 0. The Morgan fingerprint density at radius 1 is 1.44 bits per heavy atom. The molecule has 0 saturated carbocycles. The Labute approximate surface area is 99.0 Å². The first kappa shape index (κ1) is 12.7. The van der Waals surface area contributed by atoms with Crippen LogP contribution < -0.4 is 0 Å². The van der Waals surface area contributed by atoms with Crippen molar-refractivity contribution in [2.75, 3.05) is 0 Å². The highest BCUT2D eigenvalue weighted by Gasteiger charge is 2.19. The summed E-state index contributed by atoms with van der Waals surface area (Å²) in [7, 11) is 0. The van der Waals surface area contributed by atoms with Crippen molar-refractivity contribution >= 4 is 23.4 Å². The maximum absolute atomic E-state index is 11.9. The van der Waals surface area contributed by atoms with Crippen molar-refractivity contribution in [2.24, 2.45) is 5.92 Å². The molecule has 0 spiro atoms. The van der Waals surface area contributed by atoms with Crippen LogP contribution in [-0.2, 0) is 4.79 Å². The van der Waals surface area contributed by atoms with E-state index in [-0.39, 0.29) is 12.2 Å². The van der Waals surface area contributed by atoms with E-state index >= 15 is 0 Å². The van der Waals surface area contributed by atoms with Gasteiger partial charge in [-0.15, -0.1) is 0 Å². The molecule has 0 aliphatic carbocycles. The SMILES string of the molecule is Cc1cc(Cl)ccc1C(=O)C(C)CC(=O)O. The quantitative estimate of drug-likeness (QED) is 0.824. The van der Waals surface area contributed by atoms with E-state index < -0.39 is 11.9 Å². The van der Waals surface area contributed by atoms with Gasteiger partial charge in [-0.3, -0.25) is 9.59 Å². The maximum atomic E-state index is 11.9. The monoisotopic (exact) mass is 240 g/mol. The normalized spacial score (nSPS) is 12.2. The summed E-state index contributed by atoms with van der Waals surface area (Å²) in [5.41, 5.74) is 1.31. The Hall–Kier alpha value is -1.35. The van der Waals surface area contributed by atoms with Crippen LogP contribution in [-0.4, -0.2) is 16.9 Å². The fourth-order valence-electron chi connectivity index (χ4n) is 1.52. The lowest BCUT2D eigenvalue weighted by Crippen LogP contribution is -2.16. The van der Waals surface area contributed by atoms with Crippen LogP contribution in [0.25, 0.3) is 0 Å². The number of benzene rings is 1. The summed E-state index contributed by atoms with van der Waals surface area (Å²) in [4.78, 5) is 22.4. The number of aryl methyl sites for hydroxylation is 1. The van der Waals surface area contributed by atoms with Gasteiger partial charge in [0.1, 0.15) is 0 Å². The largest absolute Gasteiger partial charge is 0.481 e. The molecule has 1 rings (SSSR count). The van der Waals surface area contributed by atoms with Crippen molar-refractivity contribution < 1.29 is 14.7 Å². The van der Waals surface area contributed by atoms with Crippen LogP contribution in [0.3, 0.4) is 0 Å². The van der Waals surface area contributed by atoms with E-state index in [1.807, 2.05) is 0 Å². The van der Waals surface area contributed by atoms with Crippen molar-refractivity contribution in [3.8, 4) is 0 Å². The molecule has 1 aromatic carbocycles. The highest BCUT2D eigenvalue weighted by Crippen LogP contribution is 2.19. The molecule has 3 nitrogen and oxygen atoms in total. The Balaban J connectivity index is 2.92. The standard InChI is InChI=1S/C12H13ClO3/c1-7-5-9(13)3-4-10(7)12(16)8(2)6-11(14)15/h3-5,8H,6H2,1-2H3,(H,14,15). The first-order valence-corrected chi connectivity index (χ1v) is 5.31. The zero-order valence-electron chi connectivity index (χ0n) is 9.16. The number of aliphatic carboxylic acids is 1. The number of hydrogen-bond donors (Lipinski definition) is 1. The molecular formula is C12H13ClO3. The summed E-state index contributed by atoms with van der Waals surface area (Å²) in [6, 6.07) is 4.97. The van der Waals surface area contributed by atoms with E-state index in [0.29, 0.717) is 10.6 Å². The van der Waals surface area contributed by atoms with Crippen molar-refractivity contribution in [3.05, 3.63) is 34.3 Å². The smallest absolute Gasteiger partial charge is 0.304 e. The van der Waals surface area contributed by atoms with Gasteiger partial charge in [0, 0.05) is 16.5 Å². The summed E-state index contributed by atoms with van der Waals surface area (Å²) >= 11 is 5.78. The van der Waals surface area contributed by atoms with Gasteiger partial charge in [0.2, 0.25) is 0 Å². The molecule has 0 aliphatic rings. The molecular weight excluding hydrogens is 228 g/mol. The van der Waals surface area contributed by atoms with E-state index in [2.05, 4.69) is 0 Å². The van der Waals surface area contributed by atoms with Crippen LogP contribution in [0.5, 0.6) is 0 Å². The molecule has 16 heavy (non-hydrogen) atoms. The second-order valence-electron chi connectivity index (χ2n) is 3.82. The summed E-state index contributed by atoms with van der Waals surface area (Å²) in [5, 5.41) is 9.19.